The van der Waals surface area contributed by atoms with Gasteiger partial charge < -0.3 is 0 Å². The molecule has 3 rings (SSSR count). The first kappa shape index (κ1) is 14.2. The number of nitrogens with zero attached hydrogens (tertiary/aromatic N) is 2. The van der Waals surface area contributed by atoms with Crippen molar-refractivity contribution >= 4 is 0 Å². The van der Waals surface area contributed by atoms with E-state index in [-0.39, 0.29) is 0 Å². The highest BCUT2D eigenvalue weighted by Gasteiger charge is 2.40. The molecule has 0 saturated heterocycles. The molecule has 2 heteroatoms. The summed E-state index contributed by atoms with van der Waals surface area (Å²) < 4.78 is 0. The maximum atomic E-state index is 4.85. The second-order valence-corrected chi connectivity index (χ2v) is 6.81. The number of aromatic nitrogens is 2. The van der Waals surface area contributed by atoms with E-state index in [0.717, 1.165) is 12.1 Å². The second-order valence-electron chi connectivity index (χ2n) is 6.81. The van der Waals surface area contributed by atoms with Crippen LogP contribution >= 0.6 is 0 Å². The zero-order chi connectivity index (χ0) is 15.0. The third kappa shape index (κ3) is 2.99. The van der Waals surface area contributed by atoms with Crippen LogP contribution < -0.4 is 0 Å². The third-order valence-electron chi connectivity index (χ3n) is 4.75. The molecule has 0 N–H and O–H groups in total. The summed E-state index contributed by atoms with van der Waals surface area (Å²) in [5.41, 5.74) is 6.41. The molecule has 2 heterocycles. The summed E-state index contributed by atoms with van der Waals surface area (Å²) in [5.74, 6) is 0.424. The van der Waals surface area contributed by atoms with Crippen LogP contribution in [-0.4, -0.2) is 9.97 Å². The molecule has 0 aromatic carbocycles. The highest BCUT2D eigenvalue weighted by Crippen LogP contribution is 2.46. The van der Waals surface area contributed by atoms with Gasteiger partial charge in [-0.2, -0.15) is 0 Å². The van der Waals surface area contributed by atoms with Crippen molar-refractivity contribution in [3.8, 4) is 0 Å². The van der Waals surface area contributed by atoms with Gasteiger partial charge in [0.05, 0.1) is 0 Å². The van der Waals surface area contributed by atoms with Gasteiger partial charge in [-0.3, -0.25) is 9.97 Å². The number of rotatable bonds is 4. The smallest absolute Gasteiger partial charge is 0.0465 e. The van der Waals surface area contributed by atoms with Gasteiger partial charge in [-0.25, -0.2) is 0 Å². The Morgan fingerprint density at radius 1 is 1.10 bits per heavy atom. The molecule has 2 aromatic heterocycles. The molecular weight excluding hydrogens is 256 g/mol. The van der Waals surface area contributed by atoms with Crippen LogP contribution in [0, 0.1) is 13.8 Å². The van der Waals surface area contributed by atoms with Crippen molar-refractivity contribution in [2.75, 3.05) is 0 Å². The maximum Gasteiger partial charge on any atom is 0.0465 e. The fraction of sp³-hybridized carbons (Fsp3) is 0.474. The summed E-state index contributed by atoms with van der Waals surface area (Å²) >= 11 is 0. The molecule has 0 aliphatic heterocycles. The average Bonchev–Trinajstić information content (AvgIpc) is 3.20. The molecule has 21 heavy (non-hydrogen) atoms. The summed E-state index contributed by atoms with van der Waals surface area (Å²) in [6.45, 7) is 8.75. The van der Waals surface area contributed by atoms with E-state index in [1.165, 1.54) is 35.5 Å². The lowest BCUT2D eigenvalue weighted by Crippen LogP contribution is -2.08. The van der Waals surface area contributed by atoms with Crippen LogP contribution in [0.1, 0.15) is 60.9 Å². The normalized spacial score (nSPS) is 17.5. The number of hydrogen-bond donors (Lipinski definition) is 0. The summed E-state index contributed by atoms with van der Waals surface area (Å²) in [5, 5.41) is 0. The molecule has 0 bridgehead atoms. The molecule has 2 aromatic rings. The first-order valence-corrected chi connectivity index (χ1v) is 7.88. The van der Waals surface area contributed by atoms with Gasteiger partial charge in [-0.15, -0.1) is 0 Å². The van der Waals surface area contributed by atoms with Gasteiger partial charge in [0.25, 0.3) is 0 Å². The van der Waals surface area contributed by atoms with Crippen molar-refractivity contribution in [1.29, 1.82) is 0 Å². The average molecular weight is 280 g/mol. The largest absolute Gasteiger partial charge is 0.258 e. The quantitative estimate of drug-likeness (QED) is 0.824. The van der Waals surface area contributed by atoms with E-state index in [1.54, 1.807) is 0 Å². The minimum atomic E-state index is 0.354. The summed E-state index contributed by atoms with van der Waals surface area (Å²) in [4.78, 5) is 9.50. The van der Waals surface area contributed by atoms with Gasteiger partial charge in [0.15, 0.2) is 0 Å². The minimum absolute atomic E-state index is 0.354. The summed E-state index contributed by atoms with van der Waals surface area (Å²) in [6.07, 6.45) is 3.57. The molecule has 1 aliphatic carbocycles. The molecular formula is C19H24N2. The fourth-order valence-electron chi connectivity index (χ4n) is 2.86. The van der Waals surface area contributed by atoms with Crippen LogP contribution in [-0.2, 0) is 11.8 Å². The Kier molecular flexibility index (Phi) is 3.56. The number of aryl methyl sites for hydroxylation is 2. The third-order valence-corrected chi connectivity index (χ3v) is 4.75. The fourth-order valence-corrected chi connectivity index (χ4v) is 2.86. The number of pyridine rings is 2. The Hall–Kier alpha value is -1.70. The van der Waals surface area contributed by atoms with Gasteiger partial charge in [-0.05, 0) is 56.9 Å². The SMILES string of the molecule is Cc1cccc(C(C)Cc2ccc(C3(C)CC3)nc2C)n1. The lowest BCUT2D eigenvalue weighted by Gasteiger charge is -2.15. The molecule has 0 amide bonds. The van der Waals surface area contributed by atoms with Gasteiger partial charge in [0, 0.05) is 34.1 Å². The molecule has 0 radical (unpaired) electrons. The van der Waals surface area contributed by atoms with Crippen molar-refractivity contribution < 1.29 is 0 Å². The van der Waals surface area contributed by atoms with Crippen molar-refractivity contribution in [3.63, 3.8) is 0 Å². The van der Waals surface area contributed by atoms with Gasteiger partial charge in [0.2, 0.25) is 0 Å². The van der Waals surface area contributed by atoms with Crippen molar-refractivity contribution in [1.82, 2.24) is 9.97 Å². The van der Waals surface area contributed by atoms with E-state index >= 15 is 0 Å². The van der Waals surface area contributed by atoms with Gasteiger partial charge in [0.1, 0.15) is 0 Å². The van der Waals surface area contributed by atoms with E-state index < -0.39 is 0 Å². The summed E-state index contributed by atoms with van der Waals surface area (Å²) in [7, 11) is 0. The van der Waals surface area contributed by atoms with E-state index in [2.05, 4.69) is 50.0 Å². The van der Waals surface area contributed by atoms with Crippen LogP contribution in [0.3, 0.4) is 0 Å². The predicted octanol–water partition coefficient (Wildman–Crippen LogP) is 4.49. The second kappa shape index (κ2) is 5.25. The number of hydrogen-bond acceptors (Lipinski definition) is 2. The Morgan fingerprint density at radius 2 is 1.86 bits per heavy atom. The first-order chi connectivity index (χ1) is 9.98. The minimum Gasteiger partial charge on any atom is -0.258 e. The Morgan fingerprint density at radius 3 is 2.48 bits per heavy atom. The first-order valence-electron chi connectivity index (χ1n) is 7.88. The predicted molar refractivity (Wildman–Crippen MR) is 86.7 cm³/mol. The van der Waals surface area contributed by atoms with Crippen molar-refractivity contribution in [2.24, 2.45) is 0 Å². The molecule has 1 saturated carbocycles. The van der Waals surface area contributed by atoms with Crippen LogP contribution in [0.25, 0.3) is 0 Å². The highest BCUT2D eigenvalue weighted by molar-refractivity contribution is 5.30. The molecule has 1 aliphatic rings. The zero-order valence-corrected chi connectivity index (χ0v) is 13.5. The maximum absolute atomic E-state index is 4.85. The van der Waals surface area contributed by atoms with Crippen LogP contribution in [0.15, 0.2) is 30.3 Å². The molecule has 1 fully saturated rings. The van der Waals surface area contributed by atoms with E-state index in [4.69, 9.17) is 4.98 Å². The zero-order valence-electron chi connectivity index (χ0n) is 13.5. The van der Waals surface area contributed by atoms with Crippen LogP contribution in [0.5, 0.6) is 0 Å². The Balaban J connectivity index is 1.78. The van der Waals surface area contributed by atoms with Crippen LogP contribution in [0.2, 0.25) is 0 Å². The van der Waals surface area contributed by atoms with Gasteiger partial charge >= 0.3 is 0 Å². The molecule has 0 spiro atoms. The monoisotopic (exact) mass is 280 g/mol. The molecule has 1 atom stereocenters. The van der Waals surface area contributed by atoms with Crippen molar-refractivity contribution in [3.05, 3.63) is 58.7 Å². The topological polar surface area (TPSA) is 25.8 Å². The summed E-state index contributed by atoms with van der Waals surface area (Å²) in [6, 6.07) is 10.8. The molecule has 2 nitrogen and oxygen atoms in total. The van der Waals surface area contributed by atoms with E-state index in [9.17, 15) is 0 Å². The molecule has 110 valence electrons. The lowest BCUT2D eigenvalue weighted by atomic mass is 9.95. The Labute approximate surface area is 127 Å². The van der Waals surface area contributed by atoms with E-state index in [0.29, 0.717) is 11.3 Å². The Bertz CT molecular complexity index is 656. The van der Waals surface area contributed by atoms with Gasteiger partial charge in [-0.1, -0.05) is 26.0 Å². The van der Waals surface area contributed by atoms with Crippen molar-refractivity contribution in [2.45, 2.75) is 58.3 Å². The highest BCUT2D eigenvalue weighted by atomic mass is 14.8. The van der Waals surface area contributed by atoms with Crippen LogP contribution in [0.4, 0.5) is 0 Å². The molecule has 1 unspecified atom stereocenters. The lowest BCUT2D eigenvalue weighted by molar-refractivity contribution is 0.707. The van der Waals surface area contributed by atoms with E-state index in [1.807, 2.05) is 13.0 Å². The standard InChI is InChI=1S/C19H24N2/c1-13(17-7-5-6-14(2)20-17)12-16-8-9-18(21-15(16)3)19(4)10-11-19/h5-9,13H,10-12H2,1-4H3.